The van der Waals surface area contributed by atoms with E-state index in [0.717, 1.165) is 38.5 Å². The van der Waals surface area contributed by atoms with Crippen LogP contribution in [-0.2, 0) is 33.3 Å². The lowest BCUT2D eigenvalue weighted by molar-refractivity contribution is -0.372. The van der Waals surface area contributed by atoms with Crippen molar-refractivity contribution in [3.8, 4) is 0 Å². The molecule has 0 aromatic carbocycles. The normalized spacial score (nSPS) is 54.2. The van der Waals surface area contributed by atoms with E-state index in [1.165, 1.54) is 5.57 Å². The number of hydrogen-bond donors (Lipinski definition) is 9. The molecule has 20 atom stereocenters. The van der Waals surface area contributed by atoms with Crippen LogP contribution in [0.2, 0.25) is 0 Å². The Labute approximate surface area is 338 Å². The Bertz CT molecular complexity index is 1670. The first kappa shape index (κ1) is 43.8. The lowest BCUT2D eigenvalue weighted by Crippen LogP contribution is -2.68. The highest BCUT2D eigenvalue weighted by atomic mass is 16.8. The molecule has 0 aromatic rings. The lowest BCUT2D eigenvalue weighted by Gasteiger charge is -2.71. The number of carboxylic acid groups (broad SMARTS) is 3. The van der Waals surface area contributed by atoms with Crippen LogP contribution in [0.15, 0.2) is 11.6 Å². The maximum atomic E-state index is 12.5. The number of carboxylic acids is 3. The van der Waals surface area contributed by atoms with Crippen LogP contribution in [0.1, 0.15) is 106 Å². The fourth-order valence-corrected chi connectivity index (χ4v) is 13.6. The van der Waals surface area contributed by atoms with Crippen molar-refractivity contribution in [3.63, 3.8) is 0 Å². The molecule has 9 N–H and O–H groups in total. The predicted octanol–water partition coefficient (Wildman–Crippen LogP) is 2.04. The van der Waals surface area contributed by atoms with Crippen LogP contribution >= 0.6 is 0 Å². The van der Waals surface area contributed by atoms with Gasteiger partial charge in [-0.1, -0.05) is 46.3 Å². The van der Waals surface area contributed by atoms with E-state index in [9.17, 15) is 60.3 Å². The monoisotopic (exact) mass is 824 g/mol. The topological polar surface area (TPSA) is 270 Å². The average Bonchev–Trinajstić information content (AvgIpc) is 3.16. The molecule has 2 aliphatic heterocycles. The first-order valence-electron chi connectivity index (χ1n) is 20.9. The van der Waals surface area contributed by atoms with Crippen LogP contribution in [0.5, 0.6) is 0 Å². The summed E-state index contributed by atoms with van der Waals surface area (Å²) in [6, 6.07) is 0. The zero-order chi connectivity index (χ0) is 42.7. The first-order valence-corrected chi connectivity index (χ1v) is 20.9. The van der Waals surface area contributed by atoms with Gasteiger partial charge in [0.1, 0.15) is 36.6 Å². The van der Waals surface area contributed by atoms with E-state index in [1.807, 2.05) is 13.8 Å². The van der Waals surface area contributed by atoms with Crippen LogP contribution in [-0.4, -0.2) is 138 Å². The molecule has 2 heterocycles. The molecule has 328 valence electrons. The number of aliphatic hydroxyl groups is 6. The molecule has 0 aromatic heterocycles. The van der Waals surface area contributed by atoms with Gasteiger partial charge in [0, 0.05) is 5.41 Å². The minimum absolute atomic E-state index is 0.0434. The Morgan fingerprint density at radius 2 is 1.31 bits per heavy atom. The van der Waals surface area contributed by atoms with E-state index in [4.69, 9.17) is 18.9 Å². The van der Waals surface area contributed by atoms with Gasteiger partial charge in [-0.2, -0.15) is 0 Å². The van der Waals surface area contributed by atoms with Gasteiger partial charge >= 0.3 is 17.9 Å². The number of hydrogen-bond acceptors (Lipinski definition) is 13. The Morgan fingerprint density at radius 1 is 0.707 bits per heavy atom. The average molecular weight is 825 g/mol. The van der Waals surface area contributed by atoms with Gasteiger partial charge in [0.05, 0.1) is 18.1 Å². The van der Waals surface area contributed by atoms with Crippen molar-refractivity contribution in [2.24, 2.45) is 50.2 Å². The molecule has 0 bridgehead atoms. The van der Waals surface area contributed by atoms with Gasteiger partial charge < -0.3 is 64.9 Å². The molecule has 0 amide bonds. The smallest absolute Gasteiger partial charge is 0.335 e. The molecule has 4 saturated carbocycles. The van der Waals surface area contributed by atoms with Crippen LogP contribution in [0.4, 0.5) is 0 Å². The predicted molar refractivity (Wildman–Crippen MR) is 200 cm³/mol. The molecule has 0 spiro atoms. The summed E-state index contributed by atoms with van der Waals surface area (Å²) in [6.45, 7) is 13.0. The lowest BCUT2D eigenvalue weighted by atomic mass is 9.33. The van der Waals surface area contributed by atoms with Crippen molar-refractivity contribution in [1.29, 1.82) is 0 Å². The Kier molecular flexibility index (Phi) is 11.1. The van der Waals surface area contributed by atoms with Crippen molar-refractivity contribution >= 4 is 17.9 Å². The number of rotatable bonds is 8. The minimum Gasteiger partial charge on any atom is -0.481 e. The molecule has 6 fully saturated rings. The van der Waals surface area contributed by atoms with Gasteiger partial charge in [-0.05, 0) is 111 Å². The maximum absolute atomic E-state index is 12.5. The highest BCUT2D eigenvalue weighted by Crippen LogP contribution is 2.76. The van der Waals surface area contributed by atoms with Gasteiger partial charge in [-0.3, -0.25) is 4.79 Å². The summed E-state index contributed by atoms with van der Waals surface area (Å²) >= 11 is 0. The Morgan fingerprint density at radius 3 is 1.91 bits per heavy atom. The van der Waals surface area contributed by atoms with Gasteiger partial charge in [0.25, 0.3) is 0 Å². The van der Waals surface area contributed by atoms with Crippen LogP contribution in [0.3, 0.4) is 0 Å². The largest absolute Gasteiger partial charge is 0.481 e. The second kappa shape index (κ2) is 14.7. The summed E-state index contributed by atoms with van der Waals surface area (Å²) in [5.74, 6) is -3.72. The zero-order valence-corrected chi connectivity index (χ0v) is 34.3. The molecule has 7 rings (SSSR count). The standard InChI is InChI=1S/C42H64O16/c1-37-13-14-38(2,36(53)54)17-20(37)19-7-8-22-39(3)11-10-23(40(4,18-43)21(39)9-12-42(22,6)41(19,5)16-15-37)55-35-31(27(47)26(46)30(57-35)33(51)52)58-34-28(48)24(44)25(45)29(56-34)32(49)50/h7,20-31,34-35,43-48H,8-18H2,1-6H3,(H,49,50)(H,51,52)(H,53,54)/t20-,21+,22+,23-,24-,25-,26-,27-,28+,29-,30-,31+,34-,35-,37+,38-,39-,40+,41+,42+/m0/s1. The SMILES string of the molecule is C[C@]1(C(=O)O)CC[C@]2(C)CC[C@]3(C)C(=CC[C@@H]4[C@@]5(C)CC[C@H](O[C@H]6O[C@H](C(=O)O)[C@@H](O)[C@H](O)[C@H]6O[C@@H]6O[C@H](C(=O)O)[C@@H](O)[C@H](O)[C@H]6O)[C@](C)(CO)[C@@H]5CC[C@]43C)[C@@H]2C1. The third kappa shape index (κ3) is 6.33. The van der Waals surface area contributed by atoms with Crippen molar-refractivity contribution in [3.05, 3.63) is 11.6 Å². The number of allylic oxidation sites excluding steroid dienone is 2. The summed E-state index contributed by atoms with van der Waals surface area (Å²) in [6.07, 6.45) is -10.4. The number of fused-ring (bicyclic) bond motifs is 7. The van der Waals surface area contributed by atoms with Gasteiger partial charge in [-0.15, -0.1) is 0 Å². The Hall–Kier alpha value is -2.25. The van der Waals surface area contributed by atoms with Gasteiger partial charge in [-0.25, -0.2) is 9.59 Å². The van der Waals surface area contributed by atoms with Crippen LogP contribution in [0.25, 0.3) is 0 Å². The van der Waals surface area contributed by atoms with Crippen molar-refractivity contribution in [2.45, 2.75) is 173 Å². The summed E-state index contributed by atoms with van der Waals surface area (Å²) < 4.78 is 23.4. The van der Waals surface area contributed by atoms with Crippen molar-refractivity contribution in [1.82, 2.24) is 0 Å². The summed E-state index contributed by atoms with van der Waals surface area (Å²) in [7, 11) is 0. The molecule has 16 nitrogen and oxygen atoms in total. The fraction of sp³-hybridized carbons (Fsp3) is 0.881. The summed E-state index contributed by atoms with van der Waals surface area (Å²) in [5.41, 5.74) is -0.824. The molecule has 58 heavy (non-hydrogen) atoms. The molecule has 5 aliphatic carbocycles. The zero-order valence-electron chi connectivity index (χ0n) is 34.3. The highest BCUT2D eigenvalue weighted by molar-refractivity contribution is 5.75. The molecule has 0 unspecified atom stereocenters. The van der Waals surface area contributed by atoms with Gasteiger partial charge in [0.15, 0.2) is 24.8 Å². The van der Waals surface area contributed by atoms with Crippen molar-refractivity contribution < 1.29 is 79.3 Å². The third-order valence-corrected chi connectivity index (χ3v) is 17.6. The fourth-order valence-electron chi connectivity index (χ4n) is 13.6. The van der Waals surface area contributed by atoms with Gasteiger partial charge in [0.2, 0.25) is 0 Å². The van der Waals surface area contributed by atoms with Crippen molar-refractivity contribution in [2.75, 3.05) is 6.61 Å². The number of aliphatic carboxylic acids is 3. The molecular weight excluding hydrogens is 760 g/mol. The maximum Gasteiger partial charge on any atom is 0.335 e. The Balaban J connectivity index is 1.17. The van der Waals surface area contributed by atoms with E-state index in [1.54, 1.807) is 0 Å². The van der Waals surface area contributed by atoms with E-state index in [2.05, 4.69) is 33.8 Å². The molecule has 7 aliphatic rings. The molecular formula is C42H64O16. The number of ether oxygens (including phenoxy) is 4. The number of carbonyl (C=O) groups is 3. The van der Waals surface area contributed by atoms with E-state index < -0.39 is 96.3 Å². The second-order valence-corrected chi connectivity index (χ2v) is 20.5. The van der Waals surface area contributed by atoms with Crippen LogP contribution in [0, 0.1) is 50.2 Å². The second-order valence-electron chi connectivity index (χ2n) is 20.5. The quantitative estimate of drug-likeness (QED) is 0.125. The van der Waals surface area contributed by atoms with Crippen LogP contribution < -0.4 is 0 Å². The summed E-state index contributed by atoms with van der Waals surface area (Å²) in [4.78, 5) is 36.5. The molecule has 2 saturated heterocycles. The number of aliphatic hydroxyl groups excluding tert-OH is 6. The first-order chi connectivity index (χ1) is 26.9. The minimum atomic E-state index is -2.06. The molecule has 0 radical (unpaired) electrons. The van der Waals surface area contributed by atoms with E-state index in [0.29, 0.717) is 25.7 Å². The van der Waals surface area contributed by atoms with E-state index >= 15 is 0 Å². The molecule has 16 heteroatoms. The highest BCUT2D eigenvalue weighted by Gasteiger charge is 2.69. The summed E-state index contributed by atoms with van der Waals surface area (Å²) in [5, 5.41) is 94.4. The third-order valence-electron chi connectivity index (χ3n) is 17.6. The van der Waals surface area contributed by atoms with E-state index in [-0.39, 0.29) is 46.0 Å².